The number of hydrogen-bond acceptors (Lipinski definition) is 12. The first-order valence-electron chi connectivity index (χ1n) is 13.0. The minimum Gasteiger partial charge on any atom is -0.507 e. The molecule has 3 rings (SSSR count). The van der Waals surface area contributed by atoms with Gasteiger partial charge in [0.15, 0.2) is 0 Å². The molecule has 10 N–H and O–H groups in total. The first-order chi connectivity index (χ1) is 21.8. The second-order valence-electron chi connectivity index (χ2n) is 8.95. The number of ketones is 2. The smallest absolute Gasteiger partial charge is 0.490 e. The molecule has 47 heavy (non-hydrogen) atoms. The highest BCUT2D eigenvalue weighted by Crippen LogP contribution is 2.45. The van der Waals surface area contributed by atoms with Gasteiger partial charge in [0.05, 0.1) is 40.5 Å². The number of aliphatic carboxylic acids is 2. The molecule has 2 aromatic rings. The van der Waals surface area contributed by atoms with E-state index in [1.165, 1.54) is 0 Å². The standard InChI is InChI=1S/C22H27ClN4O6.2C2HF3O2/c23-12-11-15(30)18-19(20(12)31)22(33)17-14(27-6-4-25-8-10-29)2-1-13(16(17)21(18)32)26-5-3-24-7-9-28;2*3-2(4,5)1(6)7/h1-2,11,24-31H,3-10H2;2*(H,6,7). The Balaban J connectivity index is 0.000000658. The molecule has 0 atom stereocenters. The lowest BCUT2D eigenvalue weighted by Crippen LogP contribution is -2.29. The predicted octanol–water partition coefficient (Wildman–Crippen LogP) is 1.78. The summed E-state index contributed by atoms with van der Waals surface area (Å²) < 4.78 is 63.5. The number of carbonyl (C=O) groups is 4. The Morgan fingerprint density at radius 2 is 1.02 bits per heavy atom. The van der Waals surface area contributed by atoms with E-state index < -0.39 is 47.4 Å². The Morgan fingerprint density at radius 3 is 1.36 bits per heavy atom. The van der Waals surface area contributed by atoms with Crippen molar-refractivity contribution in [3.05, 3.63) is 45.5 Å². The molecule has 21 heteroatoms. The van der Waals surface area contributed by atoms with Gasteiger partial charge in [-0.3, -0.25) is 9.59 Å². The molecule has 0 spiro atoms. The van der Waals surface area contributed by atoms with Crippen LogP contribution >= 0.6 is 11.6 Å². The number of anilines is 2. The van der Waals surface area contributed by atoms with Gasteiger partial charge < -0.3 is 51.9 Å². The zero-order valence-electron chi connectivity index (χ0n) is 23.9. The second kappa shape index (κ2) is 18.1. The summed E-state index contributed by atoms with van der Waals surface area (Å²) >= 11 is 5.95. The number of aliphatic hydroxyl groups excluding tert-OH is 2. The monoisotopic (exact) mass is 706 g/mol. The quantitative estimate of drug-likeness (QED) is 0.0734. The van der Waals surface area contributed by atoms with E-state index >= 15 is 0 Å². The number of alkyl halides is 6. The molecule has 0 radical (unpaired) electrons. The van der Waals surface area contributed by atoms with Crippen molar-refractivity contribution >= 4 is 46.5 Å². The number of aromatic hydroxyl groups is 2. The molecule has 262 valence electrons. The molecule has 0 aliphatic heterocycles. The molecular formula is C26H29ClF6N4O10. The molecule has 0 fully saturated rings. The van der Waals surface area contributed by atoms with Crippen LogP contribution < -0.4 is 21.3 Å². The Kier molecular flexibility index (Phi) is 15.7. The number of halogens is 7. The molecule has 0 unspecified atom stereocenters. The van der Waals surface area contributed by atoms with E-state index in [-0.39, 0.29) is 40.5 Å². The van der Waals surface area contributed by atoms with Gasteiger partial charge in [0.25, 0.3) is 0 Å². The van der Waals surface area contributed by atoms with E-state index in [0.717, 1.165) is 6.07 Å². The van der Waals surface area contributed by atoms with Crippen LogP contribution in [0.4, 0.5) is 37.7 Å². The van der Waals surface area contributed by atoms with Crippen LogP contribution in [-0.4, -0.2) is 119 Å². The lowest BCUT2D eigenvalue weighted by atomic mass is 9.81. The van der Waals surface area contributed by atoms with Crippen LogP contribution in [0, 0.1) is 0 Å². The van der Waals surface area contributed by atoms with E-state index in [4.69, 9.17) is 41.6 Å². The van der Waals surface area contributed by atoms with Crippen LogP contribution in [0.25, 0.3) is 0 Å². The molecule has 0 bridgehead atoms. The molecule has 1 aliphatic rings. The third kappa shape index (κ3) is 11.7. The zero-order valence-corrected chi connectivity index (χ0v) is 24.6. The largest absolute Gasteiger partial charge is 0.507 e. The summed E-state index contributed by atoms with van der Waals surface area (Å²) in [7, 11) is 0. The van der Waals surface area contributed by atoms with Crippen molar-refractivity contribution in [1.29, 1.82) is 0 Å². The summed E-state index contributed by atoms with van der Waals surface area (Å²) in [6.07, 6.45) is -10.2. The summed E-state index contributed by atoms with van der Waals surface area (Å²) in [4.78, 5) is 44.7. The third-order valence-electron chi connectivity index (χ3n) is 5.64. The van der Waals surface area contributed by atoms with E-state index in [0.29, 0.717) is 50.6 Å². The van der Waals surface area contributed by atoms with Crippen LogP contribution in [0.5, 0.6) is 11.5 Å². The Labute approximate surface area is 266 Å². The van der Waals surface area contributed by atoms with Crippen molar-refractivity contribution in [1.82, 2.24) is 10.6 Å². The summed E-state index contributed by atoms with van der Waals surface area (Å²) in [5, 5.41) is 64.8. The molecule has 0 aromatic heterocycles. The molecule has 2 aromatic carbocycles. The van der Waals surface area contributed by atoms with E-state index in [2.05, 4.69) is 21.3 Å². The van der Waals surface area contributed by atoms with Gasteiger partial charge in [-0.15, -0.1) is 0 Å². The molecular weight excluding hydrogens is 678 g/mol. The lowest BCUT2D eigenvalue weighted by Gasteiger charge is -2.25. The Hall–Kier alpha value is -4.37. The predicted molar refractivity (Wildman–Crippen MR) is 152 cm³/mol. The fourth-order valence-electron chi connectivity index (χ4n) is 3.68. The number of fused-ring (bicyclic) bond motifs is 2. The topological polar surface area (TPSA) is 238 Å². The molecule has 0 heterocycles. The van der Waals surface area contributed by atoms with Crippen LogP contribution in [-0.2, 0) is 9.59 Å². The van der Waals surface area contributed by atoms with Gasteiger partial charge in [-0.25, -0.2) is 9.59 Å². The number of aliphatic hydroxyl groups is 2. The van der Waals surface area contributed by atoms with Crippen LogP contribution in [0.2, 0.25) is 5.02 Å². The zero-order chi connectivity index (χ0) is 36.1. The van der Waals surface area contributed by atoms with Crippen molar-refractivity contribution in [2.45, 2.75) is 12.4 Å². The Morgan fingerprint density at radius 1 is 0.660 bits per heavy atom. The molecule has 0 saturated heterocycles. The highest BCUT2D eigenvalue weighted by Gasteiger charge is 2.40. The maximum Gasteiger partial charge on any atom is 0.490 e. The van der Waals surface area contributed by atoms with Gasteiger partial charge >= 0.3 is 24.3 Å². The highest BCUT2D eigenvalue weighted by molar-refractivity contribution is 6.37. The average molecular weight is 707 g/mol. The number of nitrogens with one attached hydrogen (secondary N) is 4. The van der Waals surface area contributed by atoms with E-state index in [1.54, 1.807) is 12.1 Å². The maximum atomic E-state index is 13.5. The van der Waals surface area contributed by atoms with Crippen molar-refractivity contribution in [2.24, 2.45) is 0 Å². The molecule has 0 amide bonds. The van der Waals surface area contributed by atoms with Gasteiger partial charge in [0, 0.05) is 56.7 Å². The van der Waals surface area contributed by atoms with Gasteiger partial charge in [0.1, 0.15) is 11.5 Å². The van der Waals surface area contributed by atoms with Crippen LogP contribution in [0.15, 0.2) is 18.2 Å². The third-order valence-corrected chi connectivity index (χ3v) is 5.93. The fourth-order valence-corrected chi connectivity index (χ4v) is 3.87. The number of phenolic OH excluding ortho intramolecular Hbond substituents is 2. The normalized spacial score (nSPS) is 12.1. The highest BCUT2D eigenvalue weighted by atomic mass is 35.5. The Bertz CT molecular complexity index is 1420. The minimum atomic E-state index is -5.08. The van der Waals surface area contributed by atoms with Gasteiger partial charge in [-0.2, -0.15) is 26.3 Å². The molecule has 1 aliphatic carbocycles. The number of carbonyl (C=O) groups excluding carboxylic acids is 2. The maximum absolute atomic E-state index is 13.5. The number of phenols is 2. The lowest BCUT2D eigenvalue weighted by molar-refractivity contribution is -0.193. The molecule has 0 saturated carbocycles. The van der Waals surface area contributed by atoms with Gasteiger partial charge in [-0.05, 0) is 12.1 Å². The number of rotatable bonds is 12. The molecule has 14 nitrogen and oxygen atoms in total. The second-order valence-corrected chi connectivity index (χ2v) is 9.36. The summed E-state index contributed by atoms with van der Waals surface area (Å²) in [5.41, 5.74) is 0.318. The van der Waals surface area contributed by atoms with E-state index in [1.807, 2.05) is 0 Å². The van der Waals surface area contributed by atoms with Crippen LogP contribution in [0.3, 0.4) is 0 Å². The van der Waals surface area contributed by atoms with Crippen molar-refractivity contribution in [2.75, 3.05) is 63.1 Å². The fraction of sp³-hybridized carbons (Fsp3) is 0.385. The van der Waals surface area contributed by atoms with Crippen molar-refractivity contribution < 1.29 is 76.2 Å². The van der Waals surface area contributed by atoms with E-state index in [9.17, 15) is 46.1 Å². The summed E-state index contributed by atoms with van der Waals surface area (Å²) in [6, 6.07) is 4.36. The first kappa shape index (κ1) is 40.7. The number of carboxylic acid groups (broad SMARTS) is 2. The van der Waals surface area contributed by atoms with Gasteiger partial charge in [0.2, 0.25) is 11.6 Å². The SMILES string of the molecule is O=C(O)C(F)(F)F.O=C(O)C(F)(F)F.O=C1c2c(O)cc(Cl)c(O)c2C(=O)c2c(NCCNCCO)ccc(NCCNCCO)c21. The minimum absolute atomic E-state index is 0.00196. The number of benzene rings is 2. The summed E-state index contributed by atoms with van der Waals surface area (Å²) in [6.45, 7) is 2.67. The van der Waals surface area contributed by atoms with Crippen LogP contribution in [0.1, 0.15) is 31.8 Å². The van der Waals surface area contributed by atoms with Gasteiger partial charge in [-0.1, -0.05) is 11.6 Å². The average Bonchev–Trinajstić information content (AvgIpc) is 2.97. The van der Waals surface area contributed by atoms with Crippen molar-refractivity contribution in [3.8, 4) is 11.5 Å². The van der Waals surface area contributed by atoms with Crippen molar-refractivity contribution in [3.63, 3.8) is 0 Å². The number of hydrogen-bond donors (Lipinski definition) is 10. The first-order valence-corrected chi connectivity index (χ1v) is 13.4. The number of carboxylic acids is 2. The summed E-state index contributed by atoms with van der Waals surface area (Å²) in [5.74, 6) is -7.81.